The van der Waals surface area contributed by atoms with Crippen LogP contribution >= 0.6 is 0 Å². The molecule has 0 saturated heterocycles. The molecule has 2 aromatic rings. The van der Waals surface area contributed by atoms with Crippen LogP contribution in [0.3, 0.4) is 0 Å². The minimum Gasteiger partial charge on any atom is -0.206 e. The molecular weight excluding hydrogens is 246 g/mol. The van der Waals surface area contributed by atoms with Gasteiger partial charge < -0.3 is 0 Å². The van der Waals surface area contributed by atoms with Crippen LogP contribution in [0, 0.1) is 5.82 Å². The molecular formula is C12H8F2O2S. The number of halogens is 2. The molecule has 2 aromatic carbocycles. The fraction of sp³-hybridized carbons (Fsp3) is 0. The molecule has 0 unspecified atom stereocenters. The Morgan fingerprint density at radius 2 is 1.59 bits per heavy atom. The van der Waals surface area contributed by atoms with E-state index in [1.165, 1.54) is 6.07 Å². The van der Waals surface area contributed by atoms with Gasteiger partial charge >= 0.3 is 10.2 Å². The number of benzene rings is 2. The molecule has 0 spiro atoms. The van der Waals surface area contributed by atoms with Gasteiger partial charge in [-0.25, -0.2) is 4.39 Å². The largest absolute Gasteiger partial charge is 0.332 e. The van der Waals surface area contributed by atoms with E-state index in [0.29, 0.717) is 11.6 Å². The van der Waals surface area contributed by atoms with Crippen molar-refractivity contribution in [3.63, 3.8) is 0 Å². The van der Waals surface area contributed by atoms with Gasteiger partial charge in [-0.1, -0.05) is 36.4 Å². The van der Waals surface area contributed by atoms with Crippen LogP contribution in [0.4, 0.5) is 8.28 Å². The molecule has 0 radical (unpaired) electrons. The standard InChI is InChI=1S/C12H8F2O2S/c13-12-8-10(17(14,15)16)6-7-11(12)9-4-2-1-3-5-9/h1-8H. The normalized spacial score (nSPS) is 11.4. The second-order valence-corrected chi connectivity index (χ2v) is 4.79. The Bertz CT molecular complexity index is 637. The van der Waals surface area contributed by atoms with Crippen LogP contribution < -0.4 is 0 Å². The van der Waals surface area contributed by atoms with Gasteiger partial charge in [0.1, 0.15) is 10.7 Å². The highest BCUT2D eigenvalue weighted by atomic mass is 32.3. The van der Waals surface area contributed by atoms with Gasteiger partial charge in [-0.2, -0.15) is 8.42 Å². The van der Waals surface area contributed by atoms with E-state index < -0.39 is 20.9 Å². The molecule has 0 amide bonds. The van der Waals surface area contributed by atoms with Crippen molar-refractivity contribution in [1.82, 2.24) is 0 Å². The molecule has 0 aliphatic rings. The summed E-state index contributed by atoms with van der Waals surface area (Å²) in [6.45, 7) is 0. The molecule has 0 aliphatic heterocycles. The van der Waals surface area contributed by atoms with Gasteiger partial charge in [0.15, 0.2) is 0 Å². The quantitative estimate of drug-likeness (QED) is 0.771. The molecule has 0 saturated carbocycles. The fourth-order valence-electron chi connectivity index (χ4n) is 1.50. The summed E-state index contributed by atoms with van der Waals surface area (Å²) in [5.74, 6) is -0.769. The maximum atomic E-state index is 13.6. The Kier molecular flexibility index (Phi) is 2.93. The summed E-state index contributed by atoms with van der Waals surface area (Å²) in [6, 6.07) is 11.6. The van der Waals surface area contributed by atoms with Gasteiger partial charge in [0.05, 0.1) is 0 Å². The summed E-state index contributed by atoms with van der Waals surface area (Å²) >= 11 is 0. The van der Waals surface area contributed by atoms with Gasteiger partial charge in [0, 0.05) is 5.56 Å². The first-order valence-corrected chi connectivity index (χ1v) is 6.16. The Balaban J connectivity index is 2.54. The smallest absolute Gasteiger partial charge is 0.206 e. The molecule has 0 fully saturated rings. The molecule has 17 heavy (non-hydrogen) atoms. The Morgan fingerprint density at radius 1 is 0.941 bits per heavy atom. The first-order valence-electron chi connectivity index (χ1n) is 4.78. The minimum absolute atomic E-state index is 0.234. The topological polar surface area (TPSA) is 34.1 Å². The van der Waals surface area contributed by atoms with E-state index >= 15 is 0 Å². The second-order valence-electron chi connectivity index (χ2n) is 3.45. The predicted molar refractivity (Wildman–Crippen MR) is 60.1 cm³/mol. The maximum absolute atomic E-state index is 13.6. The Labute approximate surface area is 97.7 Å². The molecule has 0 aromatic heterocycles. The van der Waals surface area contributed by atoms with E-state index in [0.717, 1.165) is 6.07 Å². The third kappa shape index (κ3) is 2.50. The summed E-state index contributed by atoms with van der Waals surface area (Å²) in [6.07, 6.45) is 0. The molecule has 2 rings (SSSR count). The van der Waals surface area contributed by atoms with Crippen molar-refractivity contribution < 1.29 is 16.7 Å². The van der Waals surface area contributed by atoms with Crippen molar-refractivity contribution in [3.05, 3.63) is 54.3 Å². The average Bonchev–Trinajstić information content (AvgIpc) is 2.29. The summed E-state index contributed by atoms with van der Waals surface area (Å²) < 4.78 is 47.5. The molecule has 0 heterocycles. The molecule has 0 N–H and O–H groups in total. The van der Waals surface area contributed by atoms with Crippen LogP contribution in [0.25, 0.3) is 11.1 Å². The zero-order chi connectivity index (χ0) is 12.5. The van der Waals surface area contributed by atoms with Crippen molar-refractivity contribution in [2.24, 2.45) is 0 Å². The molecule has 0 bridgehead atoms. The minimum atomic E-state index is -4.86. The van der Waals surface area contributed by atoms with Gasteiger partial charge in [-0.3, -0.25) is 0 Å². The lowest BCUT2D eigenvalue weighted by Gasteiger charge is -2.04. The first-order chi connectivity index (χ1) is 7.98. The van der Waals surface area contributed by atoms with Crippen LogP contribution in [0.1, 0.15) is 0 Å². The Morgan fingerprint density at radius 3 is 2.12 bits per heavy atom. The van der Waals surface area contributed by atoms with E-state index in [1.807, 2.05) is 0 Å². The molecule has 0 aliphatic carbocycles. The summed E-state index contributed by atoms with van der Waals surface area (Å²) in [4.78, 5) is -0.672. The third-order valence-corrected chi connectivity index (χ3v) is 3.12. The van der Waals surface area contributed by atoms with E-state index in [2.05, 4.69) is 0 Å². The summed E-state index contributed by atoms with van der Waals surface area (Å²) in [5, 5.41) is 0. The van der Waals surface area contributed by atoms with Crippen LogP contribution in [0.2, 0.25) is 0 Å². The lowest BCUT2D eigenvalue weighted by Crippen LogP contribution is -1.94. The zero-order valence-electron chi connectivity index (χ0n) is 8.60. The number of hydrogen-bond donors (Lipinski definition) is 0. The second kappa shape index (κ2) is 4.25. The van der Waals surface area contributed by atoms with Crippen molar-refractivity contribution in [1.29, 1.82) is 0 Å². The van der Waals surface area contributed by atoms with Crippen molar-refractivity contribution in [3.8, 4) is 11.1 Å². The van der Waals surface area contributed by atoms with E-state index in [9.17, 15) is 16.7 Å². The molecule has 0 atom stereocenters. The lowest BCUT2D eigenvalue weighted by molar-refractivity contribution is 0.549. The zero-order valence-corrected chi connectivity index (χ0v) is 9.42. The lowest BCUT2D eigenvalue weighted by atomic mass is 10.1. The van der Waals surface area contributed by atoms with Crippen molar-refractivity contribution in [2.45, 2.75) is 4.90 Å². The van der Waals surface area contributed by atoms with E-state index in [4.69, 9.17) is 0 Å². The van der Waals surface area contributed by atoms with E-state index in [1.54, 1.807) is 30.3 Å². The fourth-order valence-corrected chi connectivity index (χ4v) is 1.97. The molecule has 88 valence electrons. The average molecular weight is 254 g/mol. The van der Waals surface area contributed by atoms with Crippen molar-refractivity contribution >= 4 is 10.2 Å². The SMILES string of the molecule is O=S(=O)(F)c1ccc(-c2ccccc2)c(F)c1. The first kappa shape index (κ1) is 11.7. The molecule has 2 nitrogen and oxygen atoms in total. The summed E-state index contributed by atoms with van der Waals surface area (Å²) in [7, 11) is -4.86. The van der Waals surface area contributed by atoms with Gasteiger partial charge in [-0.15, -0.1) is 3.89 Å². The van der Waals surface area contributed by atoms with Crippen LogP contribution in [-0.4, -0.2) is 8.42 Å². The molecule has 5 heteroatoms. The van der Waals surface area contributed by atoms with Crippen LogP contribution in [-0.2, 0) is 10.2 Å². The maximum Gasteiger partial charge on any atom is 0.332 e. The monoisotopic (exact) mass is 254 g/mol. The van der Waals surface area contributed by atoms with Gasteiger partial charge in [0.2, 0.25) is 0 Å². The van der Waals surface area contributed by atoms with Crippen LogP contribution in [0.15, 0.2) is 53.4 Å². The van der Waals surface area contributed by atoms with Gasteiger partial charge in [-0.05, 0) is 17.7 Å². The highest BCUT2D eigenvalue weighted by molar-refractivity contribution is 7.86. The number of hydrogen-bond acceptors (Lipinski definition) is 2. The van der Waals surface area contributed by atoms with Crippen molar-refractivity contribution in [2.75, 3.05) is 0 Å². The van der Waals surface area contributed by atoms with Gasteiger partial charge in [0.25, 0.3) is 0 Å². The Hall–Kier alpha value is -1.75. The highest BCUT2D eigenvalue weighted by Crippen LogP contribution is 2.25. The number of rotatable bonds is 2. The highest BCUT2D eigenvalue weighted by Gasteiger charge is 2.15. The summed E-state index contributed by atoms with van der Waals surface area (Å²) in [5.41, 5.74) is 0.839. The van der Waals surface area contributed by atoms with E-state index in [-0.39, 0.29) is 5.56 Å². The van der Waals surface area contributed by atoms with Crippen LogP contribution in [0.5, 0.6) is 0 Å². The predicted octanol–water partition coefficient (Wildman–Crippen LogP) is 3.15. The third-order valence-electron chi connectivity index (χ3n) is 2.31.